The smallest absolute Gasteiger partial charge is 0.399 e. The van der Waals surface area contributed by atoms with Gasteiger partial charge in [-0.3, -0.25) is 8.37 Å². The fourth-order valence-corrected chi connectivity index (χ4v) is 7.03. The van der Waals surface area contributed by atoms with Crippen molar-refractivity contribution in [1.29, 1.82) is 0 Å². The molecule has 0 unspecified atom stereocenters. The Labute approximate surface area is 433 Å². The Hall–Kier alpha value is -5.03. The van der Waals surface area contributed by atoms with Crippen molar-refractivity contribution in [2.45, 2.75) is 33.1 Å². The van der Waals surface area contributed by atoms with Gasteiger partial charge < -0.3 is 39.8 Å². The van der Waals surface area contributed by atoms with Gasteiger partial charge in [0, 0.05) is 36.0 Å². The summed E-state index contributed by atoms with van der Waals surface area (Å²) < 4.78 is 219. The quantitative estimate of drug-likeness (QED) is 0.0937. The van der Waals surface area contributed by atoms with Gasteiger partial charge in [-0.1, -0.05) is 39.3 Å². The zero-order valence-corrected chi connectivity index (χ0v) is 38.2. The average molecular weight is 1100 g/mol. The molecular formula is C46H56Br2F2N8O8S. The average Bonchev–Trinajstić information content (AvgIpc) is 1.02. The van der Waals surface area contributed by atoms with Crippen LogP contribution in [-0.4, -0.2) is 108 Å². The predicted octanol–water partition coefficient (Wildman–Crippen LogP) is 9.83. The number of fused-ring (bicyclic) bond motifs is 2. The maximum Gasteiger partial charge on any atom is 0.399 e. The van der Waals surface area contributed by atoms with E-state index in [-0.39, 0.29) is 96.2 Å². The number of anilines is 4. The van der Waals surface area contributed by atoms with Crippen LogP contribution in [0.4, 0.5) is 31.8 Å². The molecule has 2 aliphatic heterocycles. The normalized spacial score (nSPS) is 20.0. The molecule has 4 heterocycles. The lowest BCUT2D eigenvalue weighted by Gasteiger charge is -2.28. The number of benzene rings is 4. The fourth-order valence-electron chi connectivity index (χ4n) is 6.33. The second kappa shape index (κ2) is 25.4. The van der Waals surface area contributed by atoms with Crippen LogP contribution < -0.4 is 34.9 Å². The molecule has 16 nitrogen and oxygen atoms in total. The van der Waals surface area contributed by atoms with Gasteiger partial charge in [0.1, 0.15) is 35.9 Å². The minimum atomic E-state index is -5.02. The van der Waals surface area contributed by atoms with Crippen molar-refractivity contribution in [3.05, 3.63) is 93.9 Å². The van der Waals surface area contributed by atoms with Gasteiger partial charge in [0.2, 0.25) is 0 Å². The Balaban J connectivity index is 0.000000260. The lowest BCUT2D eigenvalue weighted by atomic mass is 9.98. The van der Waals surface area contributed by atoms with Crippen LogP contribution in [0.2, 0.25) is 0 Å². The molecule has 2 aromatic heterocycles. The first kappa shape index (κ1) is 31.9. The maximum atomic E-state index is 14.4. The van der Waals surface area contributed by atoms with E-state index in [1.807, 2.05) is 0 Å². The molecule has 6 aromatic rings. The van der Waals surface area contributed by atoms with Crippen LogP contribution in [-0.2, 0) is 18.8 Å². The number of ether oxygens (including phenoxy) is 4. The summed E-state index contributed by atoms with van der Waals surface area (Å²) in [4.78, 5) is 18.0. The third kappa shape index (κ3) is 15.0. The SMILES string of the molecule is C.[2H]C([2H])([2H])OS(=O)(=O)OC([2H])([2H])[2H].[2H]C([2H])([2H])Oc1cc2c(Nc3ccc(Br)cc3F)ncnc2cc1OC([2H])([2H])C1CCN(C([2H])([2H])[2H])CC1.[2H]C([2H])([2H])Oc1cc2c(Nc3ccc(Br)cc3F)ncnc2cc1OC([2H])([2H])C1CCNCC1. The first-order chi connectivity index (χ1) is 39.1. The number of aromatic nitrogens is 4. The van der Waals surface area contributed by atoms with Crippen molar-refractivity contribution < 1.29 is 70.6 Å². The van der Waals surface area contributed by atoms with Crippen LogP contribution in [0.3, 0.4) is 0 Å². The number of likely N-dealkylation sites (tertiary alicyclic amines) is 1. The summed E-state index contributed by atoms with van der Waals surface area (Å²) in [6.07, 6.45) is 4.08. The van der Waals surface area contributed by atoms with Gasteiger partial charge in [-0.2, -0.15) is 8.42 Å². The first-order valence-electron chi connectivity index (χ1n) is 29.0. The number of hydrogen-bond donors (Lipinski definition) is 3. The highest BCUT2D eigenvalue weighted by Gasteiger charge is 2.20. The molecular weight excluding hydrogens is 1020 g/mol. The summed E-state index contributed by atoms with van der Waals surface area (Å²) in [7, 11) is -17.2. The van der Waals surface area contributed by atoms with Gasteiger partial charge in [-0.25, -0.2) is 28.7 Å². The zero-order valence-electron chi connectivity index (χ0n) is 53.2. The highest BCUT2D eigenvalue weighted by molar-refractivity contribution is 9.10. The summed E-state index contributed by atoms with van der Waals surface area (Å²) in [6.45, 7) is -4.93. The van der Waals surface area contributed by atoms with Gasteiger partial charge in [0.25, 0.3) is 0 Å². The van der Waals surface area contributed by atoms with Crippen LogP contribution in [0.25, 0.3) is 21.8 Å². The molecule has 21 heteroatoms. The van der Waals surface area contributed by atoms with Crippen LogP contribution in [0.5, 0.6) is 23.0 Å². The largest absolute Gasteiger partial charge is 0.493 e. The van der Waals surface area contributed by atoms with Crippen molar-refractivity contribution in [2.75, 3.05) is 85.1 Å². The Kier molecular flexibility index (Phi) is 12.1. The molecule has 2 fully saturated rings. The molecule has 67 heavy (non-hydrogen) atoms. The first-order valence-corrected chi connectivity index (χ1v) is 22.4. The molecule has 2 aliphatic rings. The summed E-state index contributed by atoms with van der Waals surface area (Å²) in [5, 5.41) is 9.55. The Morgan fingerprint density at radius 2 is 1.18 bits per heavy atom. The number of halogens is 4. The number of piperidine rings is 2. The van der Waals surface area contributed by atoms with Crippen LogP contribution in [0.1, 0.15) is 59.2 Å². The summed E-state index contributed by atoms with van der Waals surface area (Å²) in [5.74, 6) is -2.49. The highest BCUT2D eigenvalue weighted by Crippen LogP contribution is 2.37. The number of rotatable bonds is 14. The molecule has 0 bridgehead atoms. The third-order valence-corrected chi connectivity index (χ3v) is 11.1. The summed E-state index contributed by atoms with van der Waals surface area (Å²) >= 11 is 6.40. The Bertz CT molecular complexity index is 3400. The van der Waals surface area contributed by atoms with E-state index < -0.39 is 76.2 Å². The minimum Gasteiger partial charge on any atom is -0.493 e. The molecule has 0 atom stereocenters. The minimum absolute atomic E-state index is 0. The molecule has 0 amide bonds. The van der Waals surface area contributed by atoms with E-state index in [1.165, 1.54) is 66.1 Å². The number of methoxy groups -OCH3 is 2. The fraction of sp³-hybridized carbons (Fsp3) is 0.391. The Morgan fingerprint density at radius 1 is 0.701 bits per heavy atom. The number of nitrogens with one attached hydrogen (secondary N) is 3. The van der Waals surface area contributed by atoms with Crippen molar-refractivity contribution in [2.24, 2.45) is 11.8 Å². The van der Waals surface area contributed by atoms with E-state index >= 15 is 0 Å². The van der Waals surface area contributed by atoms with Gasteiger partial charge in [-0.05, 0) is 119 Å². The summed E-state index contributed by atoms with van der Waals surface area (Å²) in [6, 6.07) is 14.3. The van der Waals surface area contributed by atoms with E-state index in [9.17, 15) is 17.2 Å². The molecule has 3 N–H and O–H groups in total. The van der Waals surface area contributed by atoms with Gasteiger partial charge in [-0.15, -0.1) is 0 Å². The van der Waals surface area contributed by atoms with Crippen LogP contribution in [0, 0.1) is 23.5 Å². The van der Waals surface area contributed by atoms with Crippen molar-refractivity contribution in [1.82, 2.24) is 30.2 Å². The van der Waals surface area contributed by atoms with Gasteiger partial charge in [0.05, 0.1) is 85.6 Å². The van der Waals surface area contributed by atoms with E-state index in [1.54, 1.807) is 12.1 Å². The molecule has 4 aromatic carbocycles. The topological polar surface area (TPSA) is 180 Å². The molecule has 0 spiro atoms. The molecule has 0 aliphatic carbocycles. The number of hydrogen-bond acceptors (Lipinski definition) is 16. The van der Waals surface area contributed by atoms with E-state index in [4.69, 9.17) is 45.0 Å². The van der Waals surface area contributed by atoms with E-state index in [0.29, 0.717) is 45.8 Å². The zero-order chi connectivity index (χ0) is 63.3. The van der Waals surface area contributed by atoms with Crippen LogP contribution in [0.15, 0.2) is 82.3 Å². The van der Waals surface area contributed by atoms with E-state index in [0.717, 1.165) is 0 Å². The van der Waals surface area contributed by atoms with Crippen molar-refractivity contribution in [3.8, 4) is 23.0 Å². The monoisotopic (exact) mass is 1100 g/mol. The molecule has 2 saturated heterocycles. The van der Waals surface area contributed by atoms with Crippen LogP contribution >= 0.6 is 31.9 Å². The lowest BCUT2D eigenvalue weighted by Crippen LogP contribution is -2.32. The Morgan fingerprint density at radius 3 is 1.61 bits per heavy atom. The van der Waals surface area contributed by atoms with Crippen molar-refractivity contribution >= 4 is 87.1 Å². The molecule has 0 radical (unpaired) electrons. The molecule has 8 rings (SSSR count). The standard InChI is InChI=1S/C22H24BrFN4O2.C21H22BrFN4O2.C2H6O4S.CH4/c1-28-7-5-14(6-8-28)12-30-21-11-19-16(10-20(21)29-2)22(26-13-25-19)27-18-4-3-15(23)9-17(18)24;1-28-19-9-15-18(10-20(19)29-11-13-4-6-24-7-5-13)25-12-26-21(15)27-17-3-2-14(22)8-16(17)23;1-5-7(3,4)6-2;/h3-4,9-11,13-14H,5-8,12H2,1-2H3,(H,25,26,27);2-3,8-10,12-13,24H,4-7,11H2,1H3,(H,25,26,27);1-2H3;1H4/i1D3,2D3,12D2;1D3,11D2;1D3,2D3;. The molecule has 362 valence electrons. The summed E-state index contributed by atoms with van der Waals surface area (Å²) in [5.41, 5.74) is 0.876. The second-order valence-electron chi connectivity index (χ2n) is 14.1. The van der Waals surface area contributed by atoms with Gasteiger partial charge in [0.15, 0.2) is 23.0 Å². The van der Waals surface area contributed by atoms with Crippen molar-refractivity contribution in [3.63, 3.8) is 0 Å². The number of nitrogens with zero attached hydrogens (tertiary/aromatic N) is 5. The van der Waals surface area contributed by atoms with Gasteiger partial charge >= 0.3 is 10.4 Å². The molecule has 0 saturated carbocycles. The van der Waals surface area contributed by atoms with E-state index in [2.05, 4.69) is 76.1 Å². The predicted molar refractivity (Wildman–Crippen MR) is 263 cm³/mol. The lowest BCUT2D eigenvalue weighted by molar-refractivity contribution is 0.157. The second-order valence-corrected chi connectivity index (χ2v) is 17.1. The maximum absolute atomic E-state index is 14.4. The third-order valence-electron chi connectivity index (χ3n) is 9.70. The highest BCUT2D eigenvalue weighted by atomic mass is 79.9.